The standard InChI is InChI=1S/C11H7N5O3S/c17-10-9(16(18)19)8(4-3-7-2-1-5-20-7)14-11-12-6-13-15(10)11/h1-6H,(H,12,13,14). The van der Waals surface area contributed by atoms with Crippen molar-refractivity contribution in [3.63, 3.8) is 0 Å². The topological polar surface area (TPSA) is 106 Å². The minimum Gasteiger partial charge on any atom is -0.277 e. The lowest BCUT2D eigenvalue weighted by Gasteiger charge is -1.97. The number of hydrogen-bond acceptors (Lipinski definition) is 6. The summed E-state index contributed by atoms with van der Waals surface area (Å²) in [7, 11) is 0. The minimum atomic E-state index is -0.789. The van der Waals surface area contributed by atoms with Crippen LogP contribution < -0.4 is 5.56 Å². The van der Waals surface area contributed by atoms with Crippen molar-refractivity contribution in [2.75, 3.05) is 0 Å². The van der Waals surface area contributed by atoms with Crippen LogP contribution in [0, 0.1) is 10.1 Å². The number of hydrogen-bond donors (Lipinski definition) is 1. The van der Waals surface area contributed by atoms with Gasteiger partial charge >= 0.3 is 11.2 Å². The molecule has 0 aliphatic carbocycles. The summed E-state index contributed by atoms with van der Waals surface area (Å²) in [5.41, 5.74) is -1.39. The average molecular weight is 289 g/mol. The van der Waals surface area contributed by atoms with Crippen LogP contribution in [0.2, 0.25) is 0 Å². The van der Waals surface area contributed by atoms with Gasteiger partial charge in [-0.05, 0) is 23.6 Å². The van der Waals surface area contributed by atoms with Crippen molar-refractivity contribution in [1.29, 1.82) is 0 Å². The Hall–Kier alpha value is -2.81. The molecule has 3 aromatic heterocycles. The maximum atomic E-state index is 12.0. The summed E-state index contributed by atoms with van der Waals surface area (Å²) in [4.78, 5) is 31.1. The van der Waals surface area contributed by atoms with Gasteiger partial charge in [0.1, 0.15) is 6.33 Å². The molecule has 3 heterocycles. The van der Waals surface area contributed by atoms with E-state index in [1.54, 1.807) is 6.08 Å². The highest BCUT2D eigenvalue weighted by molar-refractivity contribution is 7.10. The second-order valence-corrected chi connectivity index (χ2v) is 4.76. The molecule has 0 atom stereocenters. The zero-order valence-electron chi connectivity index (χ0n) is 9.89. The largest absolute Gasteiger partial charge is 0.361 e. The first-order valence-corrected chi connectivity index (χ1v) is 6.37. The molecule has 0 radical (unpaired) electrons. The molecule has 3 aromatic rings. The third-order valence-corrected chi connectivity index (χ3v) is 3.40. The van der Waals surface area contributed by atoms with Crippen LogP contribution in [-0.4, -0.2) is 24.5 Å². The molecule has 0 amide bonds. The van der Waals surface area contributed by atoms with Crippen LogP contribution in [0.5, 0.6) is 0 Å². The third-order valence-electron chi connectivity index (χ3n) is 2.57. The van der Waals surface area contributed by atoms with E-state index >= 15 is 0 Å². The summed E-state index contributed by atoms with van der Waals surface area (Å²) < 4.78 is 0.931. The number of nitro groups is 1. The fourth-order valence-corrected chi connectivity index (χ4v) is 2.32. The monoisotopic (exact) mass is 289 g/mol. The summed E-state index contributed by atoms with van der Waals surface area (Å²) in [6.45, 7) is 0. The summed E-state index contributed by atoms with van der Waals surface area (Å²) in [5, 5.41) is 15.4. The van der Waals surface area contributed by atoms with Gasteiger partial charge in [-0.3, -0.25) is 20.0 Å². The highest BCUT2D eigenvalue weighted by Crippen LogP contribution is 2.17. The fourth-order valence-electron chi connectivity index (χ4n) is 1.70. The zero-order chi connectivity index (χ0) is 14.1. The minimum absolute atomic E-state index is 0.0134. The molecule has 0 unspecified atom stereocenters. The lowest BCUT2D eigenvalue weighted by molar-refractivity contribution is -0.386. The van der Waals surface area contributed by atoms with Gasteiger partial charge in [0.15, 0.2) is 5.69 Å². The molecular formula is C11H7N5O3S. The van der Waals surface area contributed by atoms with Gasteiger partial charge in [-0.1, -0.05) is 6.07 Å². The van der Waals surface area contributed by atoms with Crippen molar-refractivity contribution < 1.29 is 4.92 Å². The molecule has 0 aliphatic rings. The second-order valence-electron chi connectivity index (χ2n) is 3.78. The van der Waals surface area contributed by atoms with Gasteiger partial charge in [-0.25, -0.2) is 9.97 Å². The van der Waals surface area contributed by atoms with E-state index in [2.05, 4.69) is 15.1 Å². The summed E-state index contributed by atoms with van der Waals surface area (Å²) in [5.74, 6) is 0.0893. The van der Waals surface area contributed by atoms with Crippen LogP contribution in [0.3, 0.4) is 0 Å². The Morgan fingerprint density at radius 2 is 2.30 bits per heavy atom. The van der Waals surface area contributed by atoms with Crippen molar-refractivity contribution in [2.24, 2.45) is 0 Å². The second kappa shape index (κ2) is 4.70. The third kappa shape index (κ3) is 1.99. The molecule has 0 fully saturated rings. The fraction of sp³-hybridized carbons (Fsp3) is 0. The first kappa shape index (κ1) is 12.2. The maximum absolute atomic E-state index is 12.0. The van der Waals surface area contributed by atoms with Crippen molar-refractivity contribution in [3.05, 3.63) is 54.9 Å². The van der Waals surface area contributed by atoms with Gasteiger partial charge in [-0.2, -0.15) is 4.52 Å². The number of nitrogens with one attached hydrogen (secondary N) is 1. The molecule has 0 aromatic carbocycles. The molecule has 0 spiro atoms. The quantitative estimate of drug-likeness (QED) is 0.581. The first-order chi connectivity index (χ1) is 9.66. The SMILES string of the molecule is O=c1c([N+](=O)[O-])c(C=Cc2cccs2)nc2nc[nH]n12. The van der Waals surface area contributed by atoms with Gasteiger partial charge in [0.05, 0.1) is 4.92 Å². The Balaban J connectivity index is 2.20. The highest BCUT2D eigenvalue weighted by atomic mass is 32.1. The molecule has 0 saturated heterocycles. The van der Waals surface area contributed by atoms with Crippen molar-refractivity contribution in [1.82, 2.24) is 19.6 Å². The van der Waals surface area contributed by atoms with Crippen LogP contribution in [0.25, 0.3) is 17.9 Å². The number of fused-ring (bicyclic) bond motifs is 1. The predicted octanol–water partition coefficient (Wildman–Crippen LogP) is 1.56. The van der Waals surface area contributed by atoms with Gasteiger partial charge in [-0.15, -0.1) is 11.3 Å². The number of H-pyrrole nitrogens is 1. The Kier molecular flexibility index (Phi) is 2.88. The lowest BCUT2D eigenvalue weighted by Crippen LogP contribution is -2.20. The molecule has 1 N–H and O–H groups in total. The zero-order valence-corrected chi connectivity index (χ0v) is 10.7. The number of rotatable bonds is 3. The molecule has 0 bridgehead atoms. The first-order valence-electron chi connectivity index (χ1n) is 5.49. The molecule has 100 valence electrons. The average Bonchev–Trinajstić information content (AvgIpc) is 3.06. The van der Waals surface area contributed by atoms with Crippen LogP contribution in [0.4, 0.5) is 5.69 Å². The van der Waals surface area contributed by atoms with E-state index in [0.29, 0.717) is 0 Å². The van der Waals surface area contributed by atoms with E-state index in [9.17, 15) is 14.9 Å². The lowest BCUT2D eigenvalue weighted by atomic mass is 10.3. The van der Waals surface area contributed by atoms with Crippen LogP contribution in [0.15, 0.2) is 28.6 Å². The van der Waals surface area contributed by atoms with Gasteiger partial charge in [0, 0.05) is 4.88 Å². The number of aromatic amines is 1. The van der Waals surface area contributed by atoms with E-state index in [0.717, 1.165) is 9.39 Å². The molecule has 20 heavy (non-hydrogen) atoms. The normalized spacial score (nSPS) is 11.4. The maximum Gasteiger partial charge on any atom is 0.361 e. The Morgan fingerprint density at radius 3 is 3.00 bits per heavy atom. The Bertz CT molecular complexity index is 862. The molecule has 3 rings (SSSR count). The van der Waals surface area contributed by atoms with Gasteiger partial charge in [0.25, 0.3) is 5.78 Å². The van der Waals surface area contributed by atoms with Gasteiger partial charge < -0.3 is 0 Å². The molecule has 0 saturated carbocycles. The number of nitrogens with zero attached hydrogens (tertiary/aromatic N) is 4. The van der Waals surface area contributed by atoms with Crippen molar-refractivity contribution >= 4 is 35.0 Å². The predicted molar refractivity (Wildman–Crippen MR) is 73.5 cm³/mol. The van der Waals surface area contributed by atoms with E-state index in [1.165, 1.54) is 23.7 Å². The number of thiophene rings is 1. The van der Waals surface area contributed by atoms with E-state index in [-0.39, 0.29) is 11.5 Å². The van der Waals surface area contributed by atoms with Gasteiger partial charge in [0.2, 0.25) is 0 Å². The van der Waals surface area contributed by atoms with E-state index in [1.807, 2.05) is 17.5 Å². The molecular weight excluding hydrogens is 282 g/mol. The number of aromatic nitrogens is 4. The van der Waals surface area contributed by atoms with E-state index in [4.69, 9.17) is 0 Å². The summed E-state index contributed by atoms with van der Waals surface area (Å²) >= 11 is 1.48. The molecule has 8 nitrogen and oxygen atoms in total. The Labute approximate surface area is 115 Å². The highest BCUT2D eigenvalue weighted by Gasteiger charge is 2.22. The van der Waals surface area contributed by atoms with Crippen LogP contribution in [-0.2, 0) is 0 Å². The summed E-state index contributed by atoms with van der Waals surface area (Å²) in [6.07, 6.45) is 4.36. The smallest absolute Gasteiger partial charge is 0.277 e. The van der Waals surface area contributed by atoms with Crippen LogP contribution >= 0.6 is 11.3 Å². The van der Waals surface area contributed by atoms with Crippen molar-refractivity contribution in [2.45, 2.75) is 0 Å². The van der Waals surface area contributed by atoms with E-state index < -0.39 is 16.2 Å². The van der Waals surface area contributed by atoms with Crippen LogP contribution in [0.1, 0.15) is 10.6 Å². The summed E-state index contributed by atoms with van der Waals surface area (Å²) in [6, 6.07) is 3.71. The molecule has 0 aliphatic heterocycles. The Morgan fingerprint density at radius 1 is 1.45 bits per heavy atom. The van der Waals surface area contributed by atoms with Crippen molar-refractivity contribution in [3.8, 4) is 0 Å². The molecule has 9 heteroatoms.